The van der Waals surface area contributed by atoms with Crippen molar-refractivity contribution in [3.8, 4) is 5.75 Å². The fraction of sp³-hybridized carbons (Fsp3) is 0.625. The first-order valence-corrected chi connectivity index (χ1v) is 6.90. The van der Waals surface area contributed by atoms with Crippen LogP contribution >= 0.6 is 0 Å². The van der Waals surface area contributed by atoms with Gasteiger partial charge in [-0.1, -0.05) is 19.1 Å². The van der Waals surface area contributed by atoms with Gasteiger partial charge >= 0.3 is 0 Å². The zero-order chi connectivity index (χ0) is 13.6. The van der Waals surface area contributed by atoms with Crippen LogP contribution in [-0.4, -0.2) is 18.7 Å². The van der Waals surface area contributed by atoms with Crippen LogP contribution in [0.4, 0.5) is 0 Å². The summed E-state index contributed by atoms with van der Waals surface area (Å²) in [5.41, 5.74) is 1.59. The van der Waals surface area contributed by atoms with Crippen molar-refractivity contribution in [2.24, 2.45) is 0 Å². The number of benzene rings is 1. The maximum absolute atomic E-state index is 5.45. The predicted molar refractivity (Wildman–Crippen MR) is 78.4 cm³/mol. The molecule has 102 valence electrons. The SMILES string of the molecule is CCOc1ccc(C(C)CCNC(C)(C)C)cc1. The highest BCUT2D eigenvalue weighted by molar-refractivity contribution is 5.29. The molecule has 0 radical (unpaired) electrons. The zero-order valence-electron chi connectivity index (χ0n) is 12.4. The molecule has 0 saturated carbocycles. The van der Waals surface area contributed by atoms with Crippen LogP contribution in [0.2, 0.25) is 0 Å². The Kier molecular flexibility index (Phi) is 5.67. The van der Waals surface area contributed by atoms with E-state index in [0.29, 0.717) is 5.92 Å². The second-order valence-corrected chi connectivity index (χ2v) is 5.87. The van der Waals surface area contributed by atoms with Crippen LogP contribution in [0.15, 0.2) is 24.3 Å². The predicted octanol–water partition coefficient (Wildman–Crippen LogP) is 3.97. The minimum atomic E-state index is 0.207. The maximum Gasteiger partial charge on any atom is 0.119 e. The molecule has 0 fully saturated rings. The second-order valence-electron chi connectivity index (χ2n) is 5.87. The first kappa shape index (κ1) is 15.0. The van der Waals surface area contributed by atoms with Crippen molar-refractivity contribution in [2.45, 2.75) is 52.5 Å². The lowest BCUT2D eigenvalue weighted by Crippen LogP contribution is -2.36. The third-order valence-corrected chi connectivity index (χ3v) is 2.99. The molecule has 1 unspecified atom stereocenters. The summed E-state index contributed by atoms with van der Waals surface area (Å²) in [6.07, 6.45) is 1.16. The van der Waals surface area contributed by atoms with E-state index in [4.69, 9.17) is 4.74 Å². The zero-order valence-corrected chi connectivity index (χ0v) is 12.4. The lowest BCUT2D eigenvalue weighted by atomic mass is 9.97. The van der Waals surface area contributed by atoms with Crippen LogP contribution in [0.5, 0.6) is 5.75 Å². The summed E-state index contributed by atoms with van der Waals surface area (Å²) in [6.45, 7) is 12.7. The van der Waals surface area contributed by atoms with Gasteiger partial charge < -0.3 is 10.1 Å². The van der Waals surface area contributed by atoms with E-state index in [-0.39, 0.29) is 5.54 Å². The van der Waals surface area contributed by atoms with Gasteiger partial charge in [-0.3, -0.25) is 0 Å². The van der Waals surface area contributed by atoms with E-state index in [2.05, 4.69) is 57.3 Å². The molecule has 1 rings (SSSR count). The molecule has 1 atom stereocenters. The fourth-order valence-corrected chi connectivity index (χ4v) is 1.89. The summed E-state index contributed by atoms with van der Waals surface area (Å²) in [4.78, 5) is 0. The van der Waals surface area contributed by atoms with Crippen LogP contribution < -0.4 is 10.1 Å². The molecule has 1 N–H and O–H groups in total. The molecule has 0 aromatic heterocycles. The molecule has 2 nitrogen and oxygen atoms in total. The molecule has 0 spiro atoms. The van der Waals surface area contributed by atoms with E-state index >= 15 is 0 Å². The van der Waals surface area contributed by atoms with Crippen molar-refractivity contribution in [3.05, 3.63) is 29.8 Å². The summed E-state index contributed by atoms with van der Waals surface area (Å²) >= 11 is 0. The number of ether oxygens (including phenoxy) is 1. The summed E-state index contributed by atoms with van der Waals surface area (Å²) in [7, 11) is 0. The van der Waals surface area contributed by atoms with Crippen molar-refractivity contribution in [1.29, 1.82) is 0 Å². The highest BCUT2D eigenvalue weighted by atomic mass is 16.5. The van der Waals surface area contributed by atoms with E-state index < -0.39 is 0 Å². The normalized spacial score (nSPS) is 13.4. The van der Waals surface area contributed by atoms with Crippen molar-refractivity contribution in [2.75, 3.05) is 13.2 Å². The summed E-state index contributed by atoms with van der Waals surface area (Å²) in [5.74, 6) is 1.54. The van der Waals surface area contributed by atoms with Crippen LogP contribution in [0.3, 0.4) is 0 Å². The Morgan fingerprint density at radius 1 is 1.17 bits per heavy atom. The molecule has 1 aromatic carbocycles. The van der Waals surface area contributed by atoms with Crippen LogP contribution in [0, 0.1) is 0 Å². The maximum atomic E-state index is 5.45. The Morgan fingerprint density at radius 3 is 2.28 bits per heavy atom. The van der Waals surface area contributed by atoms with Gasteiger partial charge in [-0.25, -0.2) is 0 Å². The molecule has 0 bridgehead atoms. The van der Waals surface area contributed by atoms with Gasteiger partial charge in [0.15, 0.2) is 0 Å². The highest BCUT2D eigenvalue weighted by Crippen LogP contribution is 2.21. The number of hydrogen-bond donors (Lipinski definition) is 1. The standard InChI is InChI=1S/C16H27NO/c1-6-18-15-9-7-14(8-10-15)13(2)11-12-17-16(3,4)5/h7-10,13,17H,6,11-12H2,1-5H3. The average Bonchev–Trinajstić information content (AvgIpc) is 2.28. The van der Waals surface area contributed by atoms with E-state index in [1.165, 1.54) is 5.56 Å². The minimum Gasteiger partial charge on any atom is -0.494 e. The summed E-state index contributed by atoms with van der Waals surface area (Å²) in [5, 5.41) is 3.53. The Hall–Kier alpha value is -1.02. The monoisotopic (exact) mass is 249 g/mol. The molecule has 0 aliphatic rings. The topological polar surface area (TPSA) is 21.3 Å². The van der Waals surface area contributed by atoms with Gasteiger partial charge in [0.2, 0.25) is 0 Å². The number of nitrogens with one attached hydrogen (secondary N) is 1. The van der Waals surface area contributed by atoms with Crippen LogP contribution in [-0.2, 0) is 0 Å². The Labute approximate surface area is 112 Å². The minimum absolute atomic E-state index is 0.207. The van der Waals surface area contributed by atoms with Crippen molar-refractivity contribution in [3.63, 3.8) is 0 Å². The van der Waals surface area contributed by atoms with Crippen molar-refractivity contribution < 1.29 is 4.74 Å². The van der Waals surface area contributed by atoms with Gasteiger partial charge in [-0.2, -0.15) is 0 Å². The quantitative estimate of drug-likeness (QED) is 0.823. The first-order chi connectivity index (χ1) is 8.42. The summed E-state index contributed by atoms with van der Waals surface area (Å²) in [6, 6.07) is 8.47. The molecule has 0 saturated heterocycles. The molecular formula is C16H27NO. The Balaban J connectivity index is 2.43. The fourth-order valence-electron chi connectivity index (χ4n) is 1.89. The Morgan fingerprint density at radius 2 is 1.78 bits per heavy atom. The smallest absolute Gasteiger partial charge is 0.119 e. The highest BCUT2D eigenvalue weighted by Gasteiger charge is 2.10. The van der Waals surface area contributed by atoms with E-state index in [9.17, 15) is 0 Å². The number of rotatable bonds is 6. The third kappa shape index (κ3) is 5.54. The summed E-state index contributed by atoms with van der Waals surface area (Å²) < 4.78 is 5.45. The van der Waals surface area contributed by atoms with Gasteiger partial charge in [-0.05, 0) is 64.3 Å². The average molecular weight is 249 g/mol. The third-order valence-electron chi connectivity index (χ3n) is 2.99. The van der Waals surface area contributed by atoms with Crippen LogP contribution in [0.1, 0.15) is 52.5 Å². The lowest BCUT2D eigenvalue weighted by Gasteiger charge is -2.22. The molecule has 2 heteroatoms. The van der Waals surface area contributed by atoms with Gasteiger partial charge in [0.25, 0.3) is 0 Å². The lowest BCUT2D eigenvalue weighted by molar-refractivity contribution is 0.340. The molecule has 1 aromatic rings. The van der Waals surface area contributed by atoms with E-state index in [1.807, 2.05) is 6.92 Å². The molecule has 0 amide bonds. The molecule has 18 heavy (non-hydrogen) atoms. The molecule has 0 aliphatic carbocycles. The Bertz CT molecular complexity index is 337. The van der Waals surface area contributed by atoms with E-state index in [0.717, 1.165) is 25.3 Å². The van der Waals surface area contributed by atoms with Crippen molar-refractivity contribution in [1.82, 2.24) is 5.32 Å². The number of hydrogen-bond acceptors (Lipinski definition) is 2. The van der Waals surface area contributed by atoms with E-state index in [1.54, 1.807) is 0 Å². The van der Waals surface area contributed by atoms with Gasteiger partial charge in [-0.15, -0.1) is 0 Å². The van der Waals surface area contributed by atoms with Crippen molar-refractivity contribution >= 4 is 0 Å². The van der Waals surface area contributed by atoms with Gasteiger partial charge in [0.1, 0.15) is 5.75 Å². The first-order valence-electron chi connectivity index (χ1n) is 6.90. The molecular weight excluding hydrogens is 222 g/mol. The van der Waals surface area contributed by atoms with Crippen LogP contribution in [0.25, 0.3) is 0 Å². The second kappa shape index (κ2) is 6.79. The molecule has 0 heterocycles. The van der Waals surface area contributed by atoms with Gasteiger partial charge in [0.05, 0.1) is 6.61 Å². The molecule has 0 aliphatic heterocycles. The van der Waals surface area contributed by atoms with Gasteiger partial charge in [0, 0.05) is 5.54 Å². The largest absolute Gasteiger partial charge is 0.494 e.